The van der Waals surface area contributed by atoms with E-state index < -0.39 is 17.7 Å². The average molecular weight is 660 g/mol. The minimum Gasteiger partial charge on any atom is -0.505 e. The fourth-order valence-corrected chi connectivity index (χ4v) is 7.71. The maximum Gasteiger partial charge on any atom is 0.301 e. The van der Waals surface area contributed by atoms with Gasteiger partial charge in [-0.25, -0.2) is 4.98 Å². The number of hydrogen-bond donors (Lipinski definition) is 1. The van der Waals surface area contributed by atoms with Crippen LogP contribution in [-0.4, -0.2) is 43.0 Å². The highest BCUT2D eigenvalue weighted by atomic mass is 32.2. The smallest absolute Gasteiger partial charge is 0.301 e. The fourth-order valence-electron chi connectivity index (χ4n) is 5.84. The lowest BCUT2D eigenvalue weighted by molar-refractivity contribution is -0.132. The quantitative estimate of drug-likeness (QED) is 0.0426. The van der Waals surface area contributed by atoms with Crippen molar-refractivity contribution in [1.29, 1.82) is 0 Å². The lowest BCUT2D eigenvalue weighted by Gasteiger charge is -2.22. The van der Waals surface area contributed by atoms with E-state index in [4.69, 9.17) is 4.74 Å². The van der Waals surface area contributed by atoms with Crippen molar-refractivity contribution in [3.8, 4) is 5.75 Å². The number of amides is 1. The van der Waals surface area contributed by atoms with Crippen LogP contribution < -0.4 is 9.64 Å². The molecule has 0 aliphatic carbocycles. The second-order valence-corrected chi connectivity index (χ2v) is 13.2. The second kappa shape index (κ2) is 12.5. The number of carbonyl (C=O) groups is 2. The molecular weight excluding hydrogens is 631 g/mol. The summed E-state index contributed by atoms with van der Waals surface area (Å²) in [4.78, 5) is 33.6. The number of anilines is 1. The molecule has 1 saturated heterocycles. The Morgan fingerprint density at radius 1 is 1.02 bits per heavy atom. The van der Waals surface area contributed by atoms with Crippen LogP contribution in [0.4, 0.5) is 5.13 Å². The first-order valence-electron chi connectivity index (χ1n) is 14.9. The van der Waals surface area contributed by atoms with E-state index in [0.717, 1.165) is 21.9 Å². The van der Waals surface area contributed by atoms with E-state index in [-0.39, 0.29) is 22.2 Å². The normalized spacial score (nSPS) is 16.0. The van der Waals surface area contributed by atoms with E-state index >= 15 is 0 Å². The number of thioether (sulfide) groups is 1. The molecule has 9 nitrogen and oxygen atoms in total. The van der Waals surface area contributed by atoms with Gasteiger partial charge in [-0.15, -0.1) is 10.2 Å². The molecule has 234 valence electrons. The van der Waals surface area contributed by atoms with Crippen LogP contribution in [-0.2, 0) is 15.3 Å². The van der Waals surface area contributed by atoms with Gasteiger partial charge in [-0.05, 0) is 59.5 Å². The first kappa shape index (κ1) is 30.4. The van der Waals surface area contributed by atoms with E-state index in [1.165, 1.54) is 28.0 Å². The zero-order chi connectivity index (χ0) is 32.7. The SMILES string of the molecule is C=CCOc1ccc(C2C(=C(O)c3nc4c(C)cccn4c3C)C(=O)C(=O)N2c2nnc(SCc3cccc4ccccc34)s2)cc1. The third kappa shape index (κ3) is 5.47. The van der Waals surface area contributed by atoms with Crippen LogP contribution in [0.5, 0.6) is 5.75 Å². The fraction of sp³-hybridized carbons (Fsp3) is 0.139. The number of aryl methyl sites for hydroxylation is 2. The first-order valence-corrected chi connectivity index (χ1v) is 16.7. The molecule has 47 heavy (non-hydrogen) atoms. The van der Waals surface area contributed by atoms with Gasteiger partial charge in [-0.1, -0.05) is 96.4 Å². The van der Waals surface area contributed by atoms with Crippen LogP contribution in [0.3, 0.4) is 0 Å². The number of aliphatic hydroxyl groups excluding tert-OH is 1. The number of ketones is 1. The van der Waals surface area contributed by atoms with Gasteiger partial charge in [-0.2, -0.15) is 0 Å². The third-order valence-corrected chi connectivity index (χ3v) is 10.3. The van der Waals surface area contributed by atoms with Crippen LogP contribution in [0, 0.1) is 13.8 Å². The Hall–Kier alpha value is -5.26. The second-order valence-electron chi connectivity index (χ2n) is 11.0. The molecule has 1 fully saturated rings. The van der Waals surface area contributed by atoms with E-state index in [2.05, 4.69) is 46.0 Å². The van der Waals surface area contributed by atoms with Gasteiger partial charge in [-0.3, -0.25) is 14.5 Å². The molecule has 4 heterocycles. The number of nitrogens with zero attached hydrogens (tertiary/aromatic N) is 5. The molecule has 6 aromatic rings. The molecule has 1 amide bonds. The first-order chi connectivity index (χ1) is 22.9. The van der Waals surface area contributed by atoms with Crippen molar-refractivity contribution in [1.82, 2.24) is 19.6 Å². The number of hydrogen-bond acceptors (Lipinski definition) is 9. The molecule has 1 atom stereocenters. The van der Waals surface area contributed by atoms with Crippen LogP contribution in [0.1, 0.15) is 34.1 Å². The Labute approximate surface area is 278 Å². The summed E-state index contributed by atoms with van der Waals surface area (Å²) in [6.45, 7) is 7.75. The number of carbonyl (C=O) groups excluding carboxylic acids is 2. The van der Waals surface area contributed by atoms with E-state index in [0.29, 0.717) is 39.4 Å². The van der Waals surface area contributed by atoms with Gasteiger partial charge in [0, 0.05) is 11.9 Å². The van der Waals surface area contributed by atoms with Gasteiger partial charge >= 0.3 is 5.91 Å². The number of rotatable bonds is 9. The van der Waals surface area contributed by atoms with Crippen molar-refractivity contribution in [2.45, 2.75) is 30.0 Å². The summed E-state index contributed by atoms with van der Waals surface area (Å²) in [5.74, 6) is -0.730. The Balaban J connectivity index is 1.28. The molecule has 0 spiro atoms. The molecule has 0 radical (unpaired) electrons. The van der Waals surface area contributed by atoms with Crippen molar-refractivity contribution in [3.63, 3.8) is 0 Å². The molecule has 0 saturated carbocycles. The number of pyridine rings is 1. The Morgan fingerprint density at radius 2 is 1.81 bits per heavy atom. The summed E-state index contributed by atoms with van der Waals surface area (Å²) in [5.41, 5.74) is 4.11. The minimum absolute atomic E-state index is 0.0703. The number of Topliss-reactive ketones (excluding diaryl/α,β-unsaturated/α-hetero) is 1. The van der Waals surface area contributed by atoms with Crippen molar-refractivity contribution in [3.05, 3.63) is 131 Å². The van der Waals surface area contributed by atoms with Gasteiger partial charge < -0.3 is 14.2 Å². The number of ether oxygens (including phenoxy) is 1. The largest absolute Gasteiger partial charge is 0.505 e. The van der Waals surface area contributed by atoms with Crippen molar-refractivity contribution in [2.75, 3.05) is 11.5 Å². The van der Waals surface area contributed by atoms with Crippen LogP contribution in [0.2, 0.25) is 0 Å². The number of aliphatic hydroxyl groups is 1. The number of benzene rings is 3. The van der Waals surface area contributed by atoms with E-state index in [9.17, 15) is 14.7 Å². The number of aromatic nitrogens is 4. The van der Waals surface area contributed by atoms with Gasteiger partial charge in [0.05, 0.1) is 17.3 Å². The van der Waals surface area contributed by atoms with Crippen molar-refractivity contribution >= 4 is 62.1 Å². The van der Waals surface area contributed by atoms with Gasteiger partial charge in [0.25, 0.3) is 5.78 Å². The lowest BCUT2D eigenvalue weighted by Crippen LogP contribution is -2.29. The maximum atomic E-state index is 13.8. The van der Waals surface area contributed by atoms with Gasteiger partial charge in [0.15, 0.2) is 10.1 Å². The topological polar surface area (TPSA) is 110 Å². The molecule has 1 aliphatic rings. The van der Waals surface area contributed by atoms with E-state index in [1.54, 1.807) is 30.3 Å². The highest BCUT2D eigenvalue weighted by Gasteiger charge is 2.49. The highest BCUT2D eigenvalue weighted by Crippen LogP contribution is 2.44. The molecule has 11 heteroatoms. The predicted octanol–water partition coefficient (Wildman–Crippen LogP) is 7.44. The van der Waals surface area contributed by atoms with Crippen LogP contribution >= 0.6 is 23.1 Å². The number of fused-ring (bicyclic) bond motifs is 2. The maximum absolute atomic E-state index is 13.8. The summed E-state index contributed by atoms with van der Waals surface area (Å²) in [6.07, 6.45) is 3.49. The summed E-state index contributed by atoms with van der Waals surface area (Å²) in [5, 5.41) is 23.1. The molecule has 1 N–H and O–H groups in total. The third-order valence-electron chi connectivity index (χ3n) is 8.15. The van der Waals surface area contributed by atoms with Crippen LogP contribution in [0.25, 0.3) is 22.2 Å². The molecule has 1 unspecified atom stereocenters. The number of imidazole rings is 1. The predicted molar refractivity (Wildman–Crippen MR) is 185 cm³/mol. The van der Waals surface area contributed by atoms with E-state index in [1.807, 2.05) is 54.8 Å². The summed E-state index contributed by atoms with van der Waals surface area (Å²) in [6, 6.07) is 24.3. The van der Waals surface area contributed by atoms with Crippen molar-refractivity contribution in [2.24, 2.45) is 0 Å². The zero-order valence-electron chi connectivity index (χ0n) is 25.6. The lowest BCUT2D eigenvalue weighted by atomic mass is 9.96. The summed E-state index contributed by atoms with van der Waals surface area (Å²) >= 11 is 2.74. The zero-order valence-corrected chi connectivity index (χ0v) is 27.2. The van der Waals surface area contributed by atoms with Crippen LogP contribution in [0.15, 0.2) is 108 Å². The van der Waals surface area contributed by atoms with Crippen molar-refractivity contribution < 1.29 is 19.4 Å². The highest BCUT2D eigenvalue weighted by molar-refractivity contribution is 8.00. The Bertz CT molecular complexity index is 2220. The summed E-state index contributed by atoms with van der Waals surface area (Å²) in [7, 11) is 0. The molecule has 7 rings (SSSR count). The molecule has 3 aromatic heterocycles. The monoisotopic (exact) mass is 659 g/mol. The van der Waals surface area contributed by atoms with Gasteiger partial charge in [0.2, 0.25) is 5.13 Å². The average Bonchev–Trinajstić information content (AvgIpc) is 3.77. The molecule has 3 aromatic carbocycles. The van der Waals surface area contributed by atoms with Gasteiger partial charge in [0.1, 0.15) is 23.7 Å². The Kier molecular flexibility index (Phi) is 8.09. The minimum atomic E-state index is -0.974. The molecule has 0 bridgehead atoms. The standard InChI is InChI=1S/C36H29N5O4S2/c1-4-19-45-26-16-14-24(15-17-26)30-28(31(42)29-22(3)40-18-8-9-21(2)33(40)37-29)32(43)34(44)41(30)35-38-39-36(47-35)46-20-25-12-7-11-23-10-5-6-13-27(23)25/h4-18,30,42H,1,19-20H2,2-3H3. The molecular formula is C36H29N5O4S2. The Morgan fingerprint density at radius 3 is 2.60 bits per heavy atom. The molecule has 1 aliphatic heterocycles. The summed E-state index contributed by atoms with van der Waals surface area (Å²) < 4.78 is 8.16.